The number of benzene rings is 2. The summed E-state index contributed by atoms with van der Waals surface area (Å²) in [6.45, 7) is 3.20. The molecule has 0 heterocycles. The largest absolute Gasteiger partial charge is 0.452 e. The number of para-hydroxylation sites is 1. The summed E-state index contributed by atoms with van der Waals surface area (Å²) >= 11 is 7.39. The van der Waals surface area contributed by atoms with Gasteiger partial charge in [0.25, 0.3) is 5.91 Å². The number of ether oxygens (including phenoxy) is 1. The highest BCUT2D eigenvalue weighted by Crippen LogP contribution is 2.26. The van der Waals surface area contributed by atoms with Gasteiger partial charge in [-0.2, -0.15) is 0 Å². The van der Waals surface area contributed by atoms with Crippen LogP contribution in [0.25, 0.3) is 6.08 Å². The van der Waals surface area contributed by atoms with Gasteiger partial charge in [-0.15, -0.1) is 18.3 Å². The summed E-state index contributed by atoms with van der Waals surface area (Å²) in [5.74, 6) is -1.12. The molecule has 0 spiro atoms. The molecule has 0 unspecified atom stereocenters. The first kappa shape index (κ1) is 20.7. The van der Waals surface area contributed by atoms with E-state index in [1.165, 1.54) is 36.0 Å². The number of carbonyl (C=O) groups is 2. The molecule has 2 aromatic rings. The number of thioether (sulfide) groups is 1. The van der Waals surface area contributed by atoms with Crippen LogP contribution in [-0.4, -0.2) is 24.2 Å². The molecule has 1 amide bonds. The molecule has 27 heavy (non-hydrogen) atoms. The van der Waals surface area contributed by atoms with Crippen LogP contribution in [0.3, 0.4) is 0 Å². The Bertz CT molecular complexity index is 850. The van der Waals surface area contributed by atoms with Crippen molar-refractivity contribution in [2.24, 2.45) is 0 Å². The van der Waals surface area contributed by atoms with Gasteiger partial charge >= 0.3 is 5.97 Å². The van der Waals surface area contributed by atoms with Crippen LogP contribution < -0.4 is 5.32 Å². The van der Waals surface area contributed by atoms with Crippen molar-refractivity contribution >= 4 is 47.0 Å². The Morgan fingerprint density at radius 2 is 2.00 bits per heavy atom. The lowest BCUT2D eigenvalue weighted by Gasteiger charge is -2.10. The fourth-order valence-electron chi connectivity index (χ4n) is 2.04. The zero-order chi connectivity index (χ0) is 19.6. The van der Waals surface area contributed by atoms with Crippen molar-refractivity contribution < 1.29 is 18.7 Å². The molecule has 2 aromatic carbocycles. The molecule has 0 fully saturated rings. The van der Waals surface area contributed by atoms with Crippen LogP contribution in [0, 0.1) is 5.82 Å². The lowest BCUT2D eigenvalue weighted by atomic mass is 10.2. The molecule has 0 saturated heterocycles. The maximum absolute atomic E-state index is 13.6. The summed E-state index contributed by atoms with van der Waals surface area (Å²) in [6.07, 6.45) is 3.99. The minimum Gasteiger partial charge on any atom is -0.452 e. The van der Waals surface area contributed by atoms with Crippen LogP contribution in [0.5, 0.6) is 0 Å². The van der Waals surface area contributed by atoms with Gasteiger partial charge in [0.2, 0.25) is 0 Å². The van der Waals surface area contributed by atoms with Gasteiger partial charge in [0, 0.05) is 22.3 Å². The molecule has 4 nitrogen and oxygen atoms in total. The van der Waals surface area contributed by atoms with E-state index in [9.17, 15) is 14.0 Å². The molecule has 1 N–H and O–H groups in total. The Hall–Kier alpha value is -2.57. The molecule has 0 aliphatic carbocycles. The first-order valence-corrected chi connectivity index (χ1v) is 9.29. The molecule has 7 heteroatoms. The van der Waals surface area contributed by atoms with Crippen molar-refractivity contribution in [2.75, 3.05) is 17.7 Å². The standard InChI is InChI=1S/C20H17ClFNO3S/c1-2-12-27-18-9-4-3-8-17(18)23-19(24)13-26-20(25)11-10-14-15(21)6-5-7-16(14)22/h2-11H,1,12-13H2,(H,23,24)/b11-10+. The maximum atomic E-state index is 13.6. The molecular formula is C20H17ClFNO3S. The molecule has 0 atom stereocenters. The number of hydrogen-bond acceptors (Lipinski definition) is 4. The zero-order valence-corrected chi connectivity index (χ0v) is 15.9. The number of nitrogens with one attached hydrogen (secondary N) is 1. The summed E-state index contributed by atoms with van der Waals surface area (Å²) < 4.78 is 18.5. The number of carbonyl (C=O) groups excluding carboxylic acids is 2. The highest BCUT2D eigenvalue weighted by Gasteiger charge is 2.09. The van der Waals surface area contributed by atoms with Crippen molar-refractivity contribution in [3.05, 3.63) is 77.6 Å². The highest BCUT2D eigenvalue weighted by molar-refractivity contribution is 7.99. The van der Waals surface area contributed by atoms with Gasteiger partial charge in [-0.1, -0.05) is 35.9 Å². The molecule has 0 radical (unpaired) electrons. The first-order valence-electron chi connectivity index (χ1n) is 7.92. The van der Waals surface area contributed by atoms with Crippen LogP contribution in [0.1, 0.15) is 5.56 Å². The van der Waals surface area contributed by atoms with Crippen molar-refractivity contribution in [3.8, 4) is 0 Å². The number of halogens is 2. The predicted molar refractivity (Wildman–Crippen MR) is 107 cm³/mol. The van der Waals surface area contributed by atoms with E-state index in [1.54, 1.807) is 18.2 Å². The van der Waals surface area contributed by atoms with E-state index in [4.69, 9.17) is 16.3 Å². The predicted octanol–water partition coefficient (Wildman–Crippen LogP) is 4.95. The monoisotopic (exact) mass is 405 g/mol. The average molecular weight is 406 g/mol. The second kappa shape index (κ2) is 10.5. The van der Waals surface area contributed by atoms with Crippen LogP contribution in [0.4, 0.5) is 10.1 Å². The Balaban J connectivity index is 1.89. The Morgan fingerprint density at radius 1 is 1.22 bits per heavy atom. The lowest BCUT2D eigenvalue weighted by molar-refractivity contribution is -0.142. The second-order valence-corrected chi connectivity index (χ2v) is 6.69. The quantitative estimate of drug-likeness (QED) is 0.292. The second-order valence-electron chi connectivity index (χ2n) is 5.22. The highest BCUT2D eigenvalue weighted by atomic mass is 35.5. The summed E-state index contributed by atoms with van der Waals surface area (Å²) in [5, 5.41) is 2.86. The van der Waals surface area contributed by atoms with E-state index in [0.717, 1.165) is 11.0 Å². The van der Waals surface area contributed by atoms with Gasteiger partial charge in [-0.05, 0) is 30.3 Å². The summed E-state index contributed by atoms with van der Waals surface area (Å²) in [7, 11) is 0. The number of anilines is 1. The number of amides is 1. The SMILES string of the molecule is C=CCSc1ccccc1NC(=O)COC(=O)/C=C/c1c(F)cccc1Cl. The van der Waals surface area contributed by atoms with E-state index < -0.39 is 24.3 Å². The molecule has 0 aliphatic rings. The third kappa shape index (κ3) is 6.58. The topological polar surface area (TPSA) is 55.4 Å². The van der Waals surface area contributed by atoms with E-state index >= 15 is 0 Å². The Labute approximate surface area is 166 Å². The number of hydrogen-bond donors (Lipinski definition) is 1. The van der Waals surface area contributed by atoms with Crippen LogP contribution in [0.2, 0.25) is 5.02 Å². The average Bonchev–Trinajstić information content (AvgIpc) is 2.65. The van der Waals surface area contributed by atoms with E-state index in [0.29, 0.717) is 11.4 Å². The first-order chi connectivity index (χ1) is 13.0. The number of esters is 1. The van der Waals surface area contributed by atoms with Crippen molar-refractivity contribution in [1.82, 2.24) is 0 Å². The van der Waals surface area contributed by atoms with Gasteiger partial charge < -0.3 is 10.1 Å². The Morgan fingerprint density at radius 3 is 2.74 bits per heavy atom. The minimum atomic E-state index is -0.779. The summed E-state index contributed by atoms with van der Waals surface area (Å²) in [5.41, 5.74) is 0.702. The normalized spacial score (nSPS) is 10.6. The Kier molecular flexibility index (Phi) is 8.10. The van der Waals surface area contributed by atoms with Gasteiger partial charge in [0.1, 0.15) is 5.82 Å². The smallest absolute Gasteiger partial charge is 0.331 e. The molecular weight excluding hydrogens is 389 g/mol. The van der Waals surface area contributed by atoms with E-state index in [1.807, 2.05) is 12.1 Å². The van der Waals surface area contributed by atoms with Gasteiger partial charge in [0.05, 0.1) is 10.7 Å². The minimum absolute atomic E-state index is 0.0775. The van der Waals surface area contributed by atoms with Crippen molar-refractivity contribution in [1.29, 1.82) is 0 Å². The summed E-state index contributed by atoms with van der Waals surface area (Å²) in [4.78, 5) is 24.6. The third-order valence-electron chi connectivity index (χ3n) is 3.25. The molecule has 0 aromatic heterocycles. The van der Waals surface area contributed by atoms with Gasteiger partial charge in [0.15, 0.2) is 6.61 Å². The zero-order valence-electron chi connectivity index (χ0n) is 14.3. The fraction of sp³-hybridized carbons (Fsp3) is 0.100. The third-order valence-corrected chi connectivity index (χ3v) is 4.65. The van der Waals surface area contributed by atoms with Crippen molar-refractivity contribution in [3.63, 3.8) is 0 Å². The van der Waals surface area contributed by atoms with E-state index in [-0.39, 0.29) is 10.6 Å². The fourth-order valence-corrected chi connectivity index (χ4v) is 3.01. The molecule has 2 rings (SSSR count). The summed E-state index contributed by atoms with van der Waals surface area (Å²) in [6, 6.07) is 11.5. The van der Waals surface area contributed by atoms with Crippen LogP contribution in [-0.2, 0) is 14.3 Å². The van der Waals surface area contributed by atoms with Crippen LogP contribution in [0.15, 0.2) is 66.1 Å². The maximum Gasteiger partial charge on any atom is 0.331 e. The van der Waals surface area contributed by atoms with Crippen molar-refractivity contribution in [2.45, 2.75) is 4.90 Å². The molecule has 0 bridgehead atoms. The molecule has 0 saturated carbocycles. The molecule has 140 valence electrons. The van der Waals surface area contributed by atoms with Gasteiger partial charge in [-0.25, -0.2) is 9.18 Å². The van der Waals surface area contributed by atoms with Crippen LogP contribution >= 0.6 is 23.4 Å². The lowest BCUT2D eigenvalue weighted by Crippen LogP contribution is -2.20. The number of rotatable bonds is 8. The van der Waals surface area contributed by atoms with Gasteiger partial charge in [-0.3, -0.25) is 4.79 Å². The van der Waals surface area contributed by atoms with E-state index in [2.05, 4.69) is 11.9 Å². The molecule has 0 aliphatic heterocycles.